The molecule has 6 nitrogen and oxygen atoms in total. The molecule has 1 atom stereocenters. The van der Waals surface area contributed by atoms with Crippen LogP contribution in [0.5, 0.6) is 0 Å². The Morgan fingerprint density at radius 3 is 2.19 bits per heavy atom. The first-order valence-electron chi connectivity index (χ1n) is 8.18. The van der Waals surface area contributed by atoms with Crippen molar-refractivity contribution < 1.29 is 14.0 Å². The van der Waals surface area contributed by atoms with E-state index in [0.717, 1.165) is 11.4 Å². The van der Waals surface area contributed by atoms with E-state index in [4.69, 9.17) is 4.42 Å². The minimum atomic E-state index is -0.681. The molecule has 2 aromatic carbocycles. The lowest BCUT2D eigenvalue weighted by Gasteiger charge is -2.14. The number of anilines is 3. The second-order valence-electron chi connectivity index (χ2n) is 5.76. The Kier molecular flexibility index (Phi) is 5.34. The topological polar surface area (TPSA) is 83.4 Å². The summed E-state index contributed by atoms with van der Waals surface area (Å²) < 4.78 is 4.86. The standard InChI is InChI=1S/C20H19N3O3/c1-14(21-20(25)15-11-12-26-13-15)19(24)23-18-9-7-17(8-10-18)22-16-5-3-2-4-6-16/h2-14,22H,1H3,(H,21,25)(H,23,24). The summed E-state index contributed by atoms with van der Waals surface area (Å²) in [5.41, 5.74) is 2.93. The number of furan rings is 1. The Bertz CT molecular complexity index is 859. The molecule has 0 radical (unpaired) electrons. The highest BCUT2D eigenvalue weighted by Gasteiger charge is 2.17. The van der Waals surface area contributed by atoms with Gasteiger partial charge in [0.25, 0.3) is 5.91 Å². The molecular weight excluding hydrogens is 330 g/mol. The molecule has 0 saturated heterocycles. The Hall–Kier alpha value is -3.54. The highest BCUT2D eigenvalue weighted by Crippen LogP contribution is 2.18. The van der Waals surface area contributed by atoms with Gasteiger partial charge in [-0.3, -0.25) is 9.59 Å². The van der Waals surface area contributed by atoms with E-state index >= 15 is 0 Å². The van der Waals surface area contributed by atoms with Crippen LogP contribution in [0, 0.1) is 0 Å². The van der Waals surface area contributed by atoms with Crippen LogP contribution in [0.15, 0.2) is 77.6 Å². The summed E-state index contributed by atoms with van der Waals surface area (Å²) in [6.45, 7) is 1.62. The summed E-state index contributed by atoms with van der Waals surface area (Å²) in [6.07, 6.45) is 2.74. The molecule has 6 heteroatoms. The van der Waals surface area contributed by atoms with E-state index in [1.807, 2.05) is 42.5 Å². The van der Waals surface area contributed by atoms with Crippen molar-refractivity contribution in [2.45, 2.75) is 13.0 Å². The molecule has 26 heavy (non-hydrogen) atoms. The van der Waals surface area contributed by atoms with Gasteiger partial charge in [-0.1, -0.05) is 18.2 Å². The van der Waals surface area contributed by atoms with E-state index in [9.17, 15) is 9.59 Å². The summed E-state index contributed by atoms with van der Waals surface area (Å²) in [7, 11) is 0. The molecule has 2 amide bonds. The maximum atomic E-state index is 12.2. The first-order chi connectivity index (χ1) is 12.6. The summed E-state index contributed by atoms with van der Waals surface area (Å²) in [6, 6.07) is 18.0. The number of carbonyl (C=O) groups excluding carboxylic acids is 2. The maximum absolute atomic E-state index is 12.2. The van der Waals surface area contributed by atoms with Crippen LogP contribution in [-0.2, 0) is 4.79 Å². The molecule has 0 aliphatic rings. The Labute approximate surface area is 151 Å². The predicted molar refractivity (Wildman–Crippen MR) is 100 cm³/mol. The normalized spacial score (nSPS) is 11.4. The van der Waals surface area contributed by atoms with Gasteiger partial charge in [0.05, 0.1) is 11.8 Å². The molecule has 0 fully saturated rings. The Morgan fingerprint density at radius 2 is 1.54 bits per heavy atom. The van der Waals surface area contributed by atoms with Gasteiger partial charge in [0.2, 0.25) is 5.91 Å². The number of nitrogens with one attached hydrogen (secondary N) is 3. The second-order valence-corrected chi connectivity index (χ2v) is 5.76. The van der Waals surface area contributed by atoms with Gasteiger partial charge in [0.1, 0.15) is 12.3 Å². The monoisotopic (exact) mass is 349 g/mol. The van der Waals surface area contributed by atoms with Gasteiger partial charge in [0, 0.05) is 17.1 Å². The minimum Gasteiger partial charge on any atom is -0.472 e. The first-order valence-corrected chi connectivity index (χ1v) is 8.18. The first kappa shape index (κ1) is 17.3. The molecule has 0 saturated carbocycles. The maximum Gasteiger partial charge on any atom is 0.255 e. The summed E-state index contributed by atoms with van der Waals surface area (Å²) in [5, 5.41) is 8.67. The van der Waals surface area contributed by atoms with E-state index in [1.165, 1.54) is 12.5 Å². The fourth-order valence-electron chi connectivity index (χ4n) is 2.31. The molecule has 0 aliphatic heterocycles. The van der Waals surface area contributed by atoms with E-state index in [2.05, 4.69) is 16.0 Å². The second kappa shape index (κ2) is 8.02. The fraction of sp³-hybridized carbons (Fsp3) is 0.100. The molecule has 3 aromatic rings. The number of hydrogen-bond acceptors (Lipinski definition) is 4. The van der Waals surface area contributed by atoms with Gasteiger partial charge < -0.3 is 20.4 Å². The molecule has 0 spiro atoms. The van der Waals surface area contributed by atoms with Crippen LogP contribution >= 0.6 is 0 Å². The lowest BCUT2D eigenvalue weighted by molar-refractivity contribution is -0.117. The van der Waals surface area contributed by atoms with Crippen molar-refractivity contribution in [3.05, 3.63) is 78.8 Å². The molecule has 3 rings (SSSR count). The van der Waals surface area contributed by atoms with Crippen molar-refractivity contribution in [3.63, 3.8) is 0 Å². The predicted octanol–water partition coefficient (Wildman–Crippen LogP) is 3.78. The summed E-state index contributed by atoms with van der Waals surface area (Å²) in [5.74, 6) is -0.658. The number of benzene rings is 2. The zero-order valence-electron chi connectivity index (χ0n) is 14.2. The molecule has 132 valence electrons. The Morgan fingerprint density at radius 1 is 0.885 bits per heavy atom. The molecule has 0 bridgehead atoms. The average molecular weight is 349 g/mol. The summed E-state index contributed by atoms with van der Waals surface area (Å²) >= 11 is 0. The van der Waals surface area contributed by atoms with Crippen LogP contribution in [-0.4, -0.2) is 17.9 Å². The lowest BCUT2D eigenvalue weighted by Crippen LogP contribution is -2.41. The lowest BCUT2D eigenvalue weighted by atomic mass is 10.2. The van der Waals surface area contributed by atoms with Crippen LogP contribution in [0.1, 0.15) is 17.3 Å². The number of para-hydroxylation sites is 1. The zero-order chi connectivity index (χ0) is 18.4. The SMILES string of the molecule is CC(NC(=O)c1ccoc1)C(=O)Nc1ccc(Nc2ccccc2)cc1. The number of amides is 2. The quantitative estimate of drug-likeness (QED) is 0.632. The van der Waals surface area contributed by atoms with Crippen LogP contribution in [0.2, 0.25) is 0 Å². The molecule has 3 N–H and O–H groups in total. The van der Waals surface area contributed by atoms with Gasteiger partial charge in [0.15, 0.2) is 0 Å². The van der Waals surface area contributed by atoms with E-state index in [1.54, 1.807) is 25.1 Å². The van der Waals surface area contributed by atoms with E-state index in [0.29, 0.717) is 11.3 Å². The van der Waals surface area contributed by atoms with Gasteiger partial charge in [-0.15, -0.1) is 0 Å². The third kappa shape index (κ3) is 4.51. The smallest absolute Gasteiger partial charge is 0.255 e. The van der Waals surface area contributed by atoms with Crippen molar-refractivity contribution in [1.29, 1.82) is 0 Å². The van der Waals surface area contributed by atoms with Gasteiger partial charge in [-0.25, -0.2) is 0 Å². The highest BCUT2D eigenvalue weighted by atomic mass is 16.3. The number of rotatable bonds is 6. The average Bonchev–Trinajstić information content (AvgIpc) is 3.19. The van der Waals surface area contributed by atoms with Crippen molar-refractivity contribution in [2.75, 3.05) is 10.6 Å². The number of hydrogen-bond donors (Lipinski definition) is 3. The Balaban J connectivity index is 1.54. The van der Waals surface area contributed by atoms with Gasteiger partial charge in [-0.05, 0) is 49.4 Å². The third-order valence-electron chi connectivity index (χ3n) is 3.74. The largest absolute Gasteiger partial charge is 0.472 e. The van der Waals surface area contributed by atoms with Crippen LogP contribution in [0.4, 0.5) is 17.1 Å². The van der Waals surface area contributed by atoms with E-state index < -0.39 is 6.04 Å². The number of carbonyl (C=O) groups is 2. The van der Waals surface area contributed by atoms with Crippen molar-refractivity contribution in [3.8, 4) is 0 Å². The van der Waals surface area contributed by atoms with Gasteiger partial charge in [-0.2, -0.15) is 0 Å². The highest BCUT2D eigenvalue weighted by molar-refractivity contribution is 6.00. The third-order valence-corrected chi connectivity index (χ3v) is 3.74. The van der Waals surface area contributed by atoms with Crippen molar-refractivity contribution >= 4 is 28.9 Å². The summed E-state index contributed by atoms with van der Waals surface area (Å²) in [4.78, 5) is 24.2. The van der Waals surface area contributed by atoms with Gasteiger partial charge >= 0.3 is 0 Å². The van der Waals surface area contributed by atoms with Crippen LogP contribution < -0.4 is 16.0 Å². The molecular formula is C20H19N3O3. The van der Waals surface area contributed by atoms with Crippen LogP contribution in [0.25, 0.3) is 0 Å². The molecule has 1 aromatic heterocycles. The zero-order valence-corrected chi connectivity index (χ0v) is 14.2. The molecule has 1 heterocycles. The minimum absolute atomic E-state index is 0.300. The molecule has 1 unspecified atom stereocenters. The van der Waals surface area contributed by atoms with Crippen molar-refractivity contribution in [1.82, 2.24) is 5.32 Å². The van der Waals surface area contributed by atoms with E-state index in [-0.39, 0.29) is 11.8 Å². The fourth-order valence-corrected chi connectivity index (χ4v) is 2.31. The van der Waals surface area contributed by atoms with Crippen LogP contribution in [0.3, 0.4) is 0 Å². The molecule has 0 aliphatic carbocycles. The van der Waals surface area contributed by atoms with Crippen molar-refractivity contribution in [2.24, 2.45) is 0 Å².